The van der Waals surface area contributed by atoms with Gasteiger partial charge in [-0.2, -0.15) is 0 Å². The second kappa shape index (κ2) is 7.09. The van der Waals surface area contributed by atoms with E-state index >= 15 is 0 Å². The van der Waals surface area contributed by atoms with Crippen molar-refractivity contribution in [1.82, 2.24) is 5.32 Å². The molecule has 0 unspecified atom stereocenters. The Hall–Kier alpha value is -2.62. The molecule has 0 aromatic heterocycles. The Labute approximate surface area is 136 Å². The van der Waals surface area contributed by atoms with Crippen LogP contribution in [0, 0.1) is 0 Å². The minimum absolute atomic E-state index is 0.0502. The summed E-state index contributed by atoms with van der Waals surface area (Å²) in [6.07, 6.45) is 1.58. The van der Waals surface area contributed by atoms with Gasteiger partial charge in [0, 0.05) is 25.2 Å². The van der Waals surface area contributed by atoms with E-state index in [1.165, 1.54) is 5.56 Å². The van der Waals surface area contributed by atoms with Crippen LogP contribution in [0.3, 0.4) is 0 Å². The van der Waals surface area contributed by atoms with Gasteiger partial charge in [-0.05, 0) is 23.6 Å². The molecular weight excluding hydrogens is 288 g/mol. The fourth-order valence-electron chi connectivity index (χ4n) is 2.88. The van der Waals surface area contributed by atoms with Crippen LogP contribution in [0.5, 0.6) is 0 Å². The van der Waals surface area contributed by atoms with Gasteiger partial charge in [-0.1, -0.05) is 48.5 Å². The summed E-state index contributed by atoms with van der Waals surface area (Å²) in [6, 6.07) is 17.6. The number of anilines is 1. The largest absolute Gasteiger partial charge is 0.355 e. The highest BCUT2D eigenvalue weighted by Gasteiger charge is 2.23. The van der Waals surface area contributed by atoms with Crippen LogP contribution < -0.4 is 10.2 Å². The molecule has 0 saturated heterocycles. The molecule has 1 N–H and O–H groups in total. The van der Waals surface area contributed by atoms with Crippen LogP contribution in [-0.2, 0) is 22.4 Å². The number of rotatable bonds is 5. The van der Waals surface area contributed by atoms with Gasteiger partial charge in [0.25, 0.3) is 0 Å². The minimum Gasteiger partial charge on any atom is -0.355 e. The number of fused-ring (bicyclic) bond motifs is 1. The zero-order valence-electron chi connectivity index (χ0n) is 13.0. The lowest BCUT2D eigenvalue weighted by Gasteiger charge is -2.17. The first-order valence-corrected chi connectivity index (χ1v) is 7.93. The average molecular weight is 308 g/mol. The van der Waals surface area contributed by atoms with Crippen LogP contribution in [-0.4, -0.2) is 24.9 Å². The van der Waals surface area contributed by atoms with Gasteiger partial charge in [0.1, 0.15) is 0 Å². The standard InChI is InChI=1S/C19H20N2O2/c22-18(14-15-6-2-1-3-7-15)20-12-10-19(23)21-13-11-16-8-4-5-9-17(16)21/h1-9H,10-14H2,(H,20,22). The van der Waals surface area contributed by atoms with E-state index in [0.717, 1.165) is 24.2 Å². The van der Waals surface area contributed by atoms with Crippen molar-refractivity contribution in [2.24, 2.45) is 0 Å². The number of amides is 2. The van der Waals surface area contributed by atoms with Gasteiger partial charge < -0.3 is 10.2 Å². The molecule has 0 aliphatic carbocycles. The van der Waals surface area contributed by atoms with Gasteiger partial charge in [-0.3, -0.25) is 9.59 Å². The Morgan fingerprint density at radius 2 is 1.74 bits per heavy atom. The van der Waals surface area contributed by atoms with Crippen LogP contribution in [0.4, 0.5) is 5.69 Å². The normalized spacial score (nSPS) is 12.8. The van der Waals surface area contributed by atoms with E-state index in [4.69, 9.17) is 0 Å². The van der Waals surface area contributed by atoms with Gasteiger partial charge in [0.2, 0.25) is 11.8 Å². The summed E-state index contributed by atoms with van der Waals surface area (Å²) >= 11 is 0. The second-order valence-corrected chi connectivity index (χ2v) is 5.69. The molecule has 2 amide bonds. The second-order valence-electron chi connectivity index (χ2n) is 5.69. The summed E-state index contributed by atoms with van der Waals surface area (Å²) in [4.78, 5) is 26.0. The van der Waals surface area contributed by atoms with Crippen molar-refractivity contribution in [3.05, 3.63) is 65.7 Å². The highest BCUT2D eigenvalue weighted by molar-refractivity contribution is 5.95. The van der Waals surface area contributed by atoms with Crippen LogP contribution in [0.15, 0.2) is 54.6 Å². The van der Waals surface area contributed by atoms with E-state index in [1.54, 1.807) is 0 Å². The third-order valence-electron chi connectivity index (χ3n) is 4.06. The van der Waals surface area contributed by atoms with E-state index in [1.807, 2.05) is 53.4 Å². The molecule has 2 aromatic carbocycles. The molecule has 2 aromatic rings. The van der Waals surface area contributed by atoms with Crippen molar-refractivity contribution < 1.29 is 9.59 Å². The Bertz CT molecular complexity index is 698. The molecule has 0 saturated carbocycles. The first kappa shape index (κ1) is 15.3. The number of nitrogens with one attached hydrogen (secondary N) is 1. The molecule has 1 aliphatic heterocycles. The van der Waals surface area contributed by atoms with E-state index in [-0.39, 0.29) is 11.8 Å². The van der Waals surface area contributed by atoms with E-state index in [0.29, 0.717) is 19.4 Å². The van der Waals surface area contributed by atoms with Crippen molar-refractivity contribution in [2.45, 2.75) is 19.3 Å². The maximum Gasteiger partial charge on any atom is 0.228 e. The van der Waals surface area contributed by atoms with Crippen molar-refractivity contribution in [3.63, 3.8) is 0 Å². The minimum atomic E-state index is -0.0502. The first-order chi connectivity index (χ1) is 11.2. The summed E-state index contributed by atoms with van der Waals surface area (Å²) in [7, 11) is 0. The molecule has 118 valence electrons. The number of hydrogen-bond acceptors (Lipinski definition) is 2. The monoisotopic (exact) mass is 308 g/mol. The summed E-state index contributed by atoms with van der Waals surface area (Å²) in [5.74, 6) is 0.0146. The lowest BCUT2D eigenvalue weighted by Crippen LogP contribution is -2.34. The van der Waals surface area contributed by atoms with E-state index in [2.05, 4.69) is 11.4 Å². The third-order valence-corrected chi connectivity index (χ3v) is 4.06. The summed E-state index contributed by atoms with van der Waals surface area (Å²) in [6.45, 7) is 1.11. The molecule has 0 spiro atoms. The lowest BCUT2D eigenvalue weighted by molar-refractivity contribution is -0.121. The Kier molecular flexibility index (Phi) is 4.71. The van der Waals surface area contributed by atoms with Gasteiger partial charge >= 0.3 is 0 Å². The molecule has 0 radical (unpaired) electrons. The molecule has 4 heteroatoms. The fraction of sp³-hybridized carbons (Fsp3) is 0.263. The van der Waals surface area contributed by atoms with Crippen molar-refractivity contribution in [2.75, 3.05) is 18.0 Å². The van der Waals surface area contributed by atoms with E-state index in [9.17, 15) is 9.59 Å². The molecular formula is C19H20N2O2. The number of nitrogens with zero attached hydrogens (tertiary/aromatic N) is 1. The Balaban J connectivity index is 1.46. The Morgan fingerprint density at radius 3 is 2.57 bits per heavy atom. The third kappa shape index (κ3) is 3.77. The molecule has 23 heavy (non-hydrogen) atoms. The van der Waals surface area contributed by atoms with Crippen LogP contribution in [0.2, 0.25) is 0 Å². The number of benzene rings is 2. The van der Waals surface area contributed by atoms with Crippen LogP contribution in [0.25, 0.3) is 0 Å². The maximum absolute atomic E-state index is 12.3. The highest BCUT2D eigenvalue weighted by Crippen LogP contribution is 2.27. The fourth-order valence-corrected chi connectivity index (χ4v) is 2.88. The first-order valence-electron chi connectivity index (χ1n) is 7.93. The molecule has 0 atom stereocenters. The van der Waals surface area contributed by atoms with Gasteiger partial charge in [0.05, 0.1) is 6.42 Å². The smallest absolute Gasteiger partial charge is 0.228 e. The molecule has 3 rings (SSSR count). The molecule has 0 fully saturated rings. The molecule has 1 heterocycles. The number of carbonyl (C=O) groups is 2. The molecule has 4 nitrogen and oxygen atoms in total. The SMILES string of the molecule is O=C(Cc1ccccc1)NCCC(=O)N1CCc2ccccc21. The van der Waals surface area contributed by atoms with Crippen molar-refractivity contribution in [1.29, 1.82) is 0 Å². The highest BCUT2D eigenvalue weighted by atomic mass is 16.2. The Morgan fingerprint density at radius 1 is 1.00 bits per heavy atom. The molecule has 1 aliphatic rings. The predicted molar refractivity (Wildman–Crippen MR) is 90.3 cm³/mol. The van der Waals surface area contributed by atoms with Gasteiger partial charge in [-0.25, -0.2) is 0 Å². The van der Waals surface area contributed by atoms with Crippen molar-refractivity contribution >= 4 is 17.5 Å². The number of hydrogen-bond donors (Lipinski definition) is 1. The number of para-hydroxylation sites is 1. The van der Waals surface area contributed by atoms with Crippen LogP contribution >= 0.6 is 0 Å². The zero-order valence-corrected chi connectivity index (χ0v) is 13.0. The summed E-state index contributed by atoms with van der Waals surface area (Å²) in [5.41, 5.74) is 3.20. The quantitative estimate of drug-likeness (QED) is 0.921. The van der Waals surface area contributed by atoms with Crippen molar-refractivity contribution in [3.8, 4) is 0 Å². The predicted octanol–water partition coefficient (Wildman–Crippen LogP) is 2.32. The van der Waals surface area contributed by atoms with Gasteiger partial charge in [0.15, 0.2) is 0 Å². The number of carbonyl (C=O) groups excluding carboxylic acids is 2. The maximum atomic E-state index is 12.3. The summed E-state index contributed by atoms with van der Waals surface area (Å²) in [5, 5.41) is 2.82. The summed E-state index contributed by atoms with van der Waals surface area (Å²) < 4.78 is 0. The van der Waals surface area contributed by atoms with Gasteiger partial charge in [-0.15, -0.1) is 0 Å². The zero-order chi connectivity index (χ0) is 16.1. The lowest BCUT2D eigenvalue weighted by atomic mass is 10.1. The van der Waals surface area contributed by atoms with E-state index < -0.39 is 0 Å². The average Bonchev–Trinajstić information content (AvgIpc) is 3.00. The molecule has 0 bridgehead atoms. The van der Waals surface area contributed by atoms with Crippen LogP contribution in [0.1, 0.15) is 17.5 Å². The topological polar surface area (TPSA) is 49.4 Å².